The molecule has 0 unspecified atom stereocenters. The Hall–Kier alpha value is -2.91. The molecule has 0 spiro atoms. The maximum atomic E-state index is 12.4. The monoisotopic (exact) mass is 403 g/mol. The summed E-state index contributed by atoms with van der Waals surface area (Å²) in [4.78, 5) is 26.4. The first kappa shape index (κ1) is 19.8. The number of hydrogen-bond acceptors (Lipinski definition) is 5. The summed E-state index contributed by atoms with van der Waals surface area (Å²) < 4.78 is 25.4. The molecule has 0 radical (unpaired) electrons. The van der Waals surface area contributed by atoms with Crippen LogP contribution in [0.25, 0.3) is 0 Å². The highest BCUT2D eigenvalue weighted by Gasteiger charge is 2.35. The Labute approximate surface area is 163 Å². The van der Waals surface area contributed by atoms with E-state index in [1.807, 2.05) is 0 Å². The fraction of sp³-hybridized carbons (Fsp3) is 0.263. The van der Waals surface area contributed by atoms with Crippen molar-refractivity contribution in [1.82, 2.24) is 4.31 Å². The van der Waals surface area contributed by atoms with Gasteiger partial charge in [-0.15, -0.1) is 0 Å². The van der Waals surface area contributed by atoms with Crippen LogP contribution in [0.2, 0.25) is 0 Å². The highest BCUT2D eigenvalue weighted by Crippen LogP contribution is 2.27. The summed E-state index contributed by atoms with van der Waals surface area (Å²) in [5.41, 5.74) is 1.08. The molecule has 28 heavy (non-hydrogen) atoms. The lowest BCUT2D eigenvalue weighted by atomic mass is 10.1. The molecule has 1 atom stereocenters. The van der Waals surface area contributed by atoms with Crippen molar-refractivity contribution in [1.29, 1.82) is 0 Å². The summed E-state index contributed by atoms with van der Waals surface area (Å²) >= 11 is 0. The van der Waals surface area contributed by atoms with E-state index < -0.39 is 15.9 Å². The lowest BCUT2D eigenvalue weighted by Gasteiger charge is -2.18. The number of nitrogens with zero attached hydrogens (tertiary/aromatic N) is 2. The molecule has 1 aliphatic heterocycles. The number of phenols is 1. The van der Waals surface area contributed by atoms with Gasteiger partial charge in [0.1, 0.15) is 5.75 Å². The summed E-state index contributed by atoms with van der Waals surface area (Å²) in [5.74, 6) is -0.908. The van der Waals surface area contributed by atoms with Crippen molar-refractivity contribution in [2.24, 2.45) is 5.92 Å². The zero-order valence-corrected chi connectivity index (χ0v) is 16.3. The number of amides is 2. The molecule has 0 bridgehead atoms. The lowest BCUT2D eigenvalue weighted by Crippen LogP contribution is -2.28. The maximum Gasteiger partial charge on any atom is 0.242 e. The van der Waals surface area contributed by atoms with Gasteiger partial charge in [0.2, 0.25) is 21.8 Å². The number of anilines is 2. The molecule has 148 valence electrons. The lowest BCUT2D eigenvalue weighted by molar-refractivity contribution is -0.122. The predicted octanol–water partition coefficient (Wildman–Crippen LogP) is 1.63. The van der Waals surface area contributed by atoms with E-state index in [1.54, 1.807) is 24.3 Å². The second-order valence-electron chi connectivity index (χ2n) is 6.72. The summed E-state index contributed by atoms with van der Waals surface area (Å²) in [6.07, 6.45) is 0.0711. The van der Waals surface area contributed by atoms with Gasteiger partial charge in [0, 0.05) is 38.4 Å². The van der Waals surface area contributed by atoms with E-state index in [4.69, 9.17) is 0 Å². The van der Waals surface area contributed by atoms with Crippen LogP contribution in [-0.4, -0.2) is 50.3 Å². The molecule has 8 nitrogen and oxygen atoms in total. The van der Waals surface area contributed by atoms with Crippen molar-refractivity contribution in [3.8, 4) is 5.75 Å². The van der Waals surface area contributed by atoms with Crippen molar-refractivity contribution in [3.63, 3.8) is 0 Å². The molecular weight excluding hydrogens is 382 g/mol. The molecule has 1 aliphatic rings. The van der Waals surface area contributed by atoms with Crippen molar-refractivity contribution in [3.05, 3.63) is 48.5 Å². The minimum Gasteiger partial charge on any atom is -0.508 e. The van der Waals surface area contributed by atoms with E-state index in [2.05, 4.69) is 5.32 Å². The summed E-state index contributed by atoms with van der Waals surface area (Å²) in [7, 11) is -0.647. The molecule has 0 aromatic heterocycles. The van der Waals surface area contributed by atoms with Gasteiger partial charge in [0.25, 0.3) is 0 Å². The molecule has 2 aromatic rings. The highest BCUT2D eigenvalue weighted by atomic mass is 32.2. The van der Waals surface area contributed by atoms with Crippen molar-refractivity contribution < 1.29 is 23.1 Å². The Morgan fingerprint density at radius 1 is 1.11 bits per heavy atom. The van der Waals surface area contributed by atoms with E-state index in [0.29, 0.717) is 11.4 Å². The number of hydrogen-bond donors (Lipinski definition) is 2. The number of nitrogens with one attached hydrogen (secondary N) is 1. The quantitative estimate of drug-likeness (QED) is 0.738. The van der Waals surface area contributed by atoms with Crippen LogP contribution in [0.3, 0.4) is 0 Å². The number of carbonyl (C=O) groups is 2. The molecule has 2 amide bonds. The minimum atomic E-state index is -3.54. The third-order valence-corrected chi connectivity index (χ3v) is 6.39. The molecule has 9 heteroatoms. The van der Waals surface area contributed by atoms with E-state index in [9.17, 15) is 23.1 Å². The van der Waals surface area contributed by atoms with Crippen LogP contribution < -0.4 is 10.2 Å². The fourth-order valence-corrected chi connectivity index (χ4v) is 3.83. The third-order valence-electron chi connectivity index (χ3n) is 4.56. The number of phenolic OH excluding ortho intramolecular Hbond substituents is 1. The van der Waals surface area contributed by atoms with Crippen molar-refractivity contribution in [2.45, 2.75) is 11.3 Å². The van der Waals surface area contributed by atoms with E-state index >= 15 is 0 Å². The Bertz CT molecular complexity index is 985. The van der Waals surface area contributed by atoms with Gasteiger partial charge in [-0.3, -0.25) is 9.59 Å². The Balaban J connectivity index is 1.70. The number of aromatic hydroxyl groups is 1. The smallest absolute Gasteiger partial charge is 0.242 e. The standard InChI is InChI=1S/C19H21N3O5S/c1-21(2)28(26,27)17-9-5-15(6-10-17)22-12-13(11-18(22)24)19(25)20-14-3-7-16(23)8-4-14/h3-10,13,23H,11-12H2,1-2H3,(H,20,25)/t13-/m0/s1. The molecule has 2 N–H and O–H groups in total. The molecule has 3 rings (SSSR count). The van der Waals surface area contributed by atoms with Gasteiger partial charge in [-0.05, 0) is 48.5 Å². The van der Waals surface area contributed by atoms with Crippen LogP contribution in [-0.2, 0) is 19.6 Å². The fourth-order valence-electron chi connectivity index (χ4n) is 2.93. The van der Waals surface area contributed by atoms with E-state index in [0.717, 1.165) is 4.31 Å². The van der Waals surface area contributed by atoms with Gasteiger partial charge in [-0.1, -0.05) is 0 Å². The van der Waals surface area contributed by atoms with Crippen LogP contribution in [0.15, 0.2) is 53.4 Å². The van der Waals surface area contributed by atoms with Gasteiger partial charge in [0.15, 0.2) is 0 Å². The van der Waals surface area contributed by atoms with Gasteiger partial charge < -0.3 is 15.3 Å². The molecule has 0 aliphatic carbocycles. The Morgan fingerprint density at radius 3 is 2.29 bits per heavy atom. The zero-order chi connectivity index (χ0) is 20.5. The highest BCUT2D eigenvalue weighted by molar-refractivity contribution is 7.89. The first-order valence-electron chi connectivity index (χ1n) is 8.61. The Morgan fingerprint density at radius 2 is 1.71 bits per heavy atom. The van der Waals surface area contributed by atoms with Gasteiger partial charge in [-0.2, -0.15) is 0 Å². The van der Waals surface area contributed by atoms with E-state index in [-0.39, 0.29) is 35.4 Å². The van der Waals surface area contributed by atoms with Crippen LogP contribution in [0.4, 0.5) is 11.4 Å². The number of sulfonamides is 1. The maximum absolute atomic E-state index is 12.4. The first-order valence-corrected chi connectivity index (χ1v) is 10.1. The molecule has 2 aromatic carbocycles. The zero-order valence-electron chi connectivity index (χ0n) is 15.5. The largest absolute Gasteiger partial charge is 0.508 e. The van der Waals surface area contributed by atoms with Crippen LogP contribution >= 0.6 is 0 Å². The minimum absolute atomic E-state index is 0.0711. The second kappa shape index (κ2) is 7.61. The summed E-state index contributed by atoms with van der Waals surface area (Å²) in [6.45, 7) is 0.211. The van der Waals surface area contributed by atoms with Crippen LogP contribution in [0.1, 0.15) is 6.42 Å². The molecule has 1 fully saturated rings. The predicted molar refractivity (Wildman–Crippen MR) is 105 cm³/mol. The molecule has 1 heterocycles. The summed E-state index contributed by atoms with van der Waals surface area (Å²) in [6, 6.07) is 12.1. The average Bonchev–Trinajstić information content (AvgIpc) is 3.05. The molecular formula is C19H21N3O5S. The first-order chi connectivity index (χ1) is 13.2. The van der Waals surface area contributed by atoms with Gasteiger partial charge in [-0.25, -0.2) is 12.7 Å². The van der Waals surface area contributed by atoms with Crippen LogP contribution in [0.5, 0.6) is 5.75 Å². The third kappa shape index (κ3) is 4.00. The van der Waals surface area contributed by atoms with Crippen molar-refractivity contribution >= 4 is 33.2 Å². The molecule has 1 saturated heterocycles. The number of carbonyl (C=O) groups excluding carboxylic acids is 2. The van der Waals surface area contributed by atoms with E-state index in [1.165, 1.54) is 43.3 Å². The SMILES string of the molecule is CN(C)S(=O)(=O)c1ccc(N2C[C@@H](C(=O)Nc3ccc(O)cc3)CC2=O)cc1. The second-order valence-corrected chi connectivity index (χ2v) is 8.87. The number of rotatable bonds is 5. The van der Waals surface area contributed by atoms with Gasteiger partial charge >= 0.3 is 0 Å². The van der Waals surface area contributed by atoms with Crippen molar-refractivity contribution in [2.75, 3.05) is 30.9 Å². The number of benzene rings is 2. The Kier molecular flexibility index (Phi) is 5.39. The average molecular weight is 403 g/mol. The summed E-state index contributed by atoms with van der Waals surface area (Å²) in [5, 5.41) is 12.0. The van der Waals surface area contributed by atoms with Crippen LogP contribution in [0, 0.1) is 5.92 Å². The normalized spacial score (nSPS) is 17.2. The van der Waals surface area contributed by atoms with Gasteiger partial charge in [0.05, 0.1) is 10.8 Å². The topological polar surface area (TPSA) is 107 Å². The molecule has 0 saturated carbocycles.